The third kappa shape index (κ3) is 6.95. The maximum atomic E-state index is 13.0. The fourth-order valence-corrected chi connectivity index (χ4v) is 3.97. The van der Waals surface area contributed by atoms with Crippen LogP contribution in [0.4, 0.5) is 0 Å². The molecule has 1 fully saturated rings. The van der Waals surface area contributed by atoms with Crippen molar-refractivity contribution in [2.24, 2.45) is 11.7 Å². The quantitative estimate of drug-likeness (QED) is 0.694. The average molecular weight is 453 g/mol. The molecule has 2 heterocycles. The molecule has 0 radical (unpaired) electrons. The first-order valence-corrected chi connectivity index (χ1v) is 10.3. The molecular weight excluding hydrogens is 419 g/mol. The van der Waals surface area contributed by atoms with E-state index in [0.717, 1.165) is 50.2 Å². The largest absolute Gasteiger partial charge is 0.342 e. The van der Waals surface area contributed by atoms with Crippen LogP contribution in [0.15, 0.2) is 54.7 Å². The maximum absolute atomic E-state index is 13.0. The number of halogens is 2. The number of rotatable bonds is 7. The molecule has 2 atom stereocenters. The molecule has 0 bridgehead atoms. The third-order valence-electron chi connectivity index (χ3n) is 5.98. The van der Waals surface area contributed by atoms with E-state index >= 15 is 0 Å². The van der Waals surface area contributed by atoms with Crippen molar-refractivity contribution in [2.45, 2.75) is 38.3 Å². The standard InChI is InChI=1S/C23H32N4O.2ClH/c1-18(22(24)19-8-4-3-5-9-19)23(28)26(2)21-12-16-27(17-13-21)15-11-20-10-6-7-14-25-20;;/h3-10,14,18,21-22H,11-13,15-17,24H2,1-2H3;2*1H. The Morgan fingerprint density at radius 3 is 2.37 bits per heavy atom. The van der Waals surface area contributed by atoms with E-state index in [1.165, 1.54) is 0 Å². The second kappa shape index (κ2) is 12.9. The van der Waals surface area contributed by atoms with Crippen molar-refractivity contribution in [1.29, 1.82) is 0 Å². The molecule has 1 aromatic carbocycles. The van der Waals surface area contributed by atoms with Crippen LogP contribution in [0.3, 0.4) is 0 Å². The van der Waals surface area contributed by atoms with Crippen LogP contribution in [-0.2, 0) is 11.2 Å². The van der Waals surface area contributed by atoms with Crippen LogP contribution in [0.2, 0.25) is 0 Å². The third-order valence-corrected chi connectivity index (χ3v) is 5.98. The number of hydrogen-bond donors (Lipinski definition) is 1. The van der Waals surface area contributed by atoms with Crippen LogP contribution in [0.25, 0.3) is 0 Å². The van der Waals surface area contributed by atoms with Crippen molar-refractivity contribution in [3.05, 3.63) is 66.0 Å². The van der Waals surface area contributed by atoms with Gasteiger partial charge in [-0.05, 0) is 30.5 Å². The molecule has 0 aliphatic carbocycles. The van der Waals surface area contributed by atoms with Gasteiger partial charge in [0.1, 0.15) is 0 Å². The lowest BCUT2D eigenvalue weighted by Crippen LogP contribution is -2.48. The first-order chi connectivity index (χ1) is 13.6. The van der Waals surface area contributed by atoms with Crippen molar-refractivity contribution >= 4 is 30.7 Å². The summed E-state index contributed by atoms with van der Waals surface area (Å²) < 4.78 is 0. The molecule has 5 nitrogen and oxygen atoms in total. The number of nitrogens with zero attached hydrogens (tertiary/aromatic N) is 3. The molecule has 0 saturated carbocycles. The SMILES string of the molecule is CC(C(=O)N(C)C1CCN(CCc2ccccn2)CC1)C(N)c1ccccc1.Cl.Cl. The van der Waals surface area contributed by atoms with Crippen LogP contribution in [0, 0.1) is 5.92 Å². The molecule has 3 rings (SSSR count). The number of nitrogens with two attached hydrogens (primary N) is 1. The lowest BCUT2D eigenvalue weighted by molar-refractivity contribution is -0.137. The number of carbonyl (C=O) groups is 1. The molecule has 1 aliphatic rings. The zero-order valence-corrected chi connectivity index (χ0v) is 19.4. The Balaban J connectivity index is 0.00000225. The van der Waals surface area contributed by atoms with Crippen molar-refractivity contribution in [1.82, 2.24) is 14.8 Å². The number of hydrogen-bond acceptors (Lipinski definition) is 4. The highest BCUT2D eigenvalue weighted by Gasteiger charge is 2.30. The summed E-state index contributed by atoms with van der Waals surface area (Å²) in [5.74, 6) is -0.0853. The van der Waals surface area contributed by atoms with E-state index in [-0.39, 0.29) is 42.7 Å². The molecule has 2 aromatic rings. The predicted octanol–water partition coefficient (Wildman–Crippen LogP) is 3.73. The molecule has 2 unspecified atom stereocenters. The molecule has 7 heteroatoms. The summed E-state index contributed by atoms with van der Waals surface area (Å²) in [6, 6.07) is 16.0. The molecular formula is C23H34Cl2N4O. The Labute approximate surface area is 192 Å². The van der Waals surface area contributed by atoms with Crippen LogP contribution in [-0.4, -0.2) is 53.4 Å². The van der Waals surface area contributed by atoms with Gasteiger partial charge in [0.05, 0.1) is 5.92 Å². The summed E-state index contributed by atoms with van der Waals surface area (Å²) >= 11 is 0. The first kappa shape index (κ1) is 26.4. The van der Waals surface area contributed by atoms with Gasteiger partial charge in [0.2, 0.25) is 5.91 Å². The Morgan fingerprint density at radius 1 is 1.13 bits per heavy atom. The predicted molar refractivity (Wildman–Crippen MR) is 127 cm³/mol. The Kier molecular flexibility index (Phi) is 11.3. The lowest BCUT2D eigenvalue weighted by Gasteiger charge is -2.38. The zero-order chi connectivity index (χ0) is 19.9. The number of pyridine rings is 1. The van der Waals surface area contributed by atoms with E-state index < -0.39 is 0 Å². The second-order valence-electron chi connectivity index (χ2n) is 7.82. The van der Waals surface area contributed by atoms with E-state index in [9.17, 15) is 4.79 Å². The summed E-state index contributed by atoms with van der Waals surface area (Å²) in [5.41, 5.74) is 8.52. The van der Waals surface area contributed by atoms with E-state index in [4.69, 9.17) is 5.73 Å². The van der Waals surface area contributed by atoms with E-state index in [1.54, 1.807) is 0 Å². The zero-order valence-electron chi connectivity index (χ0n) is 17.8. The number of likely N-dealkylation sites (tertiary alicyclic amines) is 1. The first-order valence-electron chi connectivity index (χ1n) is 10.3. The van der Waals surface area contributed by atoms with Crippen molar-refractivity contribution in [2.75, 3.05) is 26.7 Å². The minimum Gasteiger partial charge on any atom is -0.342 e. The summed E-state index contributed by atoms with van der Waals surface area (Å²) in [7, 11) is 1.94. The molecule has 166 valence electrons. The van der Waals surface area contributed by atoms with E-state index in [0.29, 0.717) is 6.04 Å². The van der Waals surface area contributed by atoms with Gasteiger partial charge in [-0.2, -0.15) is 0 Å². The summed E-state index contributed by atoms with van der Waals surface area (Å²) in [5, 5.41) is 0. The molecule has 0 spiro atoms. The van der Waals surface area contributed by atoms with Gasteiger partial charge >= 0.3 is 0 Å². The van der Waals surface area contributed by atoms with Crippen LogP contribution in [0.5, 0.6) is 0 Å². The van der Waals surface area contributed by atoms with Crippen molar-refractivity contribution in [3.8, 4) is 0 Å². The summed E-state index contributed by atoms with van der Waals surface area (Å²) in [4.78, 5) is 21.8. The fourth-order valence-electron chi connectivity index (χ4n) is 3.97. The molecule has 2 N–H and O–H groups in total. The molecule has 30 heavy (non-hydrogen) atoms. The Morgan fingerprint density at radius 2 is 1.77 bits per heavy atom. The van der Waals surface area contributed by atoms with Crippen LogP contribution in [0.1, 0.15) is 37.1 Å². The van der Waals surface area contributed by atoms with Crippen LogP contribution >= 0.6 is 24.8 Å². The monoisotopic (exact) mass is 452 g/mol. The average Bonchev–Trinajstić information content (AvgIpc) is 2.77. The molecule has 1 aliphatic heterocycles. The van der Waals surface area contributed by atoms with Crippen molar-refractivity contribution < 1.29 is 4.79 Å². The number of aromatic nitrogens is 1. The van der Waals surface area contributed by atoms with Gasteiger partial charge < -0.3 is 15.5 Å². The van der Waals surface area contributed by atoms with Crippen molar-refractivity contribution in [3.63, 3.8) is 0 Å². The van der Waals surface area contributed by atoms with Gasteiger partial charge in [-0.15, -0.1) is 24.8 Å². The summed E-state index contributed by atoms with van der Waals surface area (Å²) in [6.45, 7) is 5.01. The maximum Gasteiger partial charge on any atom is 0.227 e. The summed E-state index contributed by atoms with van der Waals surface area (Å²) in [6.07, 6.45) is 4.85. The molecule has 1 aromatic heterocycles. The highest BCUT2D eigenvalue weighted by molar-refractivity contribution is 5.85. The number of benzene rings is 1. The molecule has 1 amide bonds. The van der Waals surface area contributed by atoms with E-state index in [2.05, 4.69) is 16.0 Å². The topological polar surface area (TPSA) is 62.5 Å². The normalized spacial score (nSPS) is 16.6. The van der Waals surface area contributed by atoms with Gasteiger partial charge in [-0.3, -0.25) is 9.78 Å². The Bertz CT molecular complexity index is 739. The number of piperidine rings is 1. The lowest BCUT2D eigenvalue weighted by atomic mass is 9.93. The van der Waals surface area contributed by atoms with Gasteiger partial charge in [0.15, 0.2) is 0 Å². The number of amides is 1. The Hall–Kier alpha value is -1.66. The molecule has 1 saturated heterocycles. The second-order valence-corrected chi connectivity index (χ2v) is 7.82. The van der Waals surface area contributed by atoms with Gasteiger partial charge in [-0.1, -0.05) is 43.3 Å². The fraction of sp³-hybridized carbons (Fsp3) is 0.478. The smallest absolute Gasteiger partial charge is 0.227 e. The van der Waals surface area contributed by atoms with Gasteiger partial charge in [0.25, 0.3) is 0 Å². The minimum absolute atomic E-state index is 0. The van der Waals surface area contributed by atoms with E-state index in [1.807, 2.05) is 67.5 Å². The number of carbonyl (C=O) groups excluding carboxylic acids is 1. The van der Waals surface area contributed by atoms with Crippen LogP contribution < -0.4 is 5.73 Å². The highest BCUT2D eigenvalue weighted by Crippen LogP contribution is 2.24. The van der Waals surface area contributed by atoms with Gasteiger partial charge in [-0.25, -0.2) is 0 Å². The minimum atomic E-state index is -0.269. The van der Waals surface area contributed by atoms with Gasteiger partial charge in [0, 0.05) is 57.1 Å². The highest BCUT2D eigenvalue weighted by atomic mass is 35.5.